The van der Waals surface area contributed by atoms with Gasteiger partial charge in [-0.25, -0.2) is 4.79 Å². The van der Waals surface area contributed by atoms with Crippen LogP contribution in [0.3, 0.4) is 0 Å². The zero-order valence-corrected chi connectivity index (χ0v) is 14.5. The van der Waals surface area contributed by atoms with Crippen LogP contribution in [0.4, 0.5) is 0 Å². The number of esters is 1. The van der Waals surface area contributed by atoms with Crippen LogP contribution in [0, 0.1) is 16.9 Å². The van der Waals surface area contributed by atoms with Crippen LogP contribution >= 0.6 is 0 Å². The maximum absolute atomic E-state index is 12.3. The average molecular weight is 306 g/mol. The molecule has 1 aliphatic carbocycles. The highest BCUT2D eigenvalue weighted by Crippen LogP contribution is 2.43. The van der Waals surface area contributed by atoms with E-state index in [0.29, 0.717) is 5.41 Å². The summed E-state index contributed by atoms with van der Waals surface area (Å²) in [5, 5.41) is 9.54. The highest BCUT2D eigenvalue weighted by molar-refractivity contribution is 5.77. The minimum absolute atomic E-state index is 0.200. The van der Waals surface area contributed by atoms with Crippen LogP contribution in [0.25, 0.3) is 0 Å². The van der Waals surface area contributed by atoms with Crippen molar-refractivity contribution in [1.29, 1.82) is 5.26 Å². The zero-order chi connectivity index (χ0) is 16.4. The molecule has 0 aromatic heterocycles. The molecular weight excluding hydrogens is 276 g/mol. The number of hydrogen-bond acceptors (Lipinski definition) is 4. The lowest BCUT2D eigenvalue weighted by Crippen LogP contribution is -2.42. The molecule has 2 rings (SSSR count). The SMILES string of the molecule is CC1(CC2CCC(C(=O)OC(C)(C)C)N2C#N)CCCCC1. The largest absolute Gasteiger partial charge is 0.458 e. The van der Waals surface area contributed by atoms with Crippen LogP contribution in [0.5, 0.6) is 0 Å². The van der Waals surface area contributed by atoms with Gasteiger partial charge in [0.25, 0.3) is 0 Å². The quantitative estimate of drug-likeness (QED) is 0.584. The summed E-state index contributed by atoms with van der Waals surface area (Å²) in [6, 6.07) is -0.188. The molecule has 0 amide bonds. The molecule has 2 unspecified atom stereocenters. The third-order valence-electron chi connectivity index (χ3n) is 5.09. The predicted molar refractivity (Wildman–Crippen MR) is 85.9 cm³/mol. The topological polar surface area (TPSA) is 53.3 Å². The summed E-state index contributed by atoms with van der Waals surface area (Å²) in [5.74, 6) is -0.245. The van der Waals surface area contributed by atoms with E-state index in [4.69, 9.17) is 4.74 Å². The first-order valence-electron chi connectivity index (χ1n) is 8.65. The standard InChI is InChI=1S/C18H30N2O2/c1-17(2,3)22-16(21)15-9-8-14(20(15)13-19)12-18(4)10-6-5-7-11-18/h14-15H,5-12H2,1-4H3. The molecule has 0 radical (unpaired) electrons. The van der Waals surface area contributed by atoms with Crippen LogP contribution in [0.15, 0.2) is 0 Å². The van der Waals surface area contributed by atoms with Gasteiger partial charge in [0.2, 0.25) is 0 Å². The third-order valence-corrected chi connectivity index (χ3v) is 5.09. The second kappa shape index (κ2) is 6.48. The van der Waals surface area contributed by atoms with Gasteiger partial charge in [0.15, 0.2) is 6.19 Å². The summed E-state index contributed by atoms with van der Waals surface area (Å²) in [5.41, 5.74) is -0.160. The number of rotatable bonds is 3. The number of carbonyl (C=O) groups excluding carboxylic acids is 1. The molecule has 0 aromatic carbocycles. The summed E-state index contributed by atoms with van der Waals surface area (Å²) < 4.78 is 5.49. The minimum Gasteiger partial charge on any atom is -0.458 e. The van der Waals surface area contributed by atoms with Gasteiger partial charge in [0, 0.05) is 6.04 Å². The van der Waals surface area contributed by atoms with E-state index in [9.17, 15) is 10.1 Å². The van der Waals surface area contributed by atoms with Crippen molar-refractivity contribution in [3.63, 3.8) is 0 Å². The lowest BCUT2D eigenvalue weighted by molar-refractivity contribution is -0.159. The first-order valence-corrected chi connectivity index (χ1v) is 8.65. The molecule has 1 aliphatic heterocycles. The second-order valence-electron chi connectivity index (χ2n) is 8.36. The van der Waals surface area contributed by atoms with Crippen LogP contribution in [-0.4, -0.2) is 28.6 Å². The fraction of sp³-hybridized carbons (Fsp3) is 0.889. The molecule has 0 aromatic rings. The van der Waals surface area contributed by atoms with Gasteiger partial charge in [-0.05, 0) is 58.3 Å². The van der Waals surface area contributed by atoms with E-state index < -0.39 is 5.60 Å². The Kier molecular flexibility index (Phi) is 5.04. The Morgan fingerprint density at radius 1 is 1.27 bits per heavy atom. The van der Waals surface area contributed by atoms with Gasteiger partial charge in [0.1, 0.15) is 11.6 Å². The van der Waals surface area contributed by atoms with Crippen LogP contribution in [0.2, 0.25) is 0 Å². The fourth-order valence-corrected chi connectivity index (χ4v) is 4.01. The molecule has 1 saturated carbocycles. The van der Waals surface area contributed by atoms with Crippen LogP contribution in [-0.2, 0) is 9.53 Å². The van der Waals surface area contributed by atoms with Crippen molar-refractivity contribution in [2.45, 2.75) is 96.7 Å². The molecule has 0 N–H and O–H groups in total. The lowest BCUT2D eigenvalue weighted by Gasteiger charge is -2.37. The molecule has 0 bridgehead atoms. The Hall–Kier alpha value is -1.24. The lowest BCUT2D eigenvalue weighted by atomic mass is 9.71. The summed E-state index contributed by atoms with van der Waals surface area (Å²) in [6.07, 6.45) is 11.4. The fourth-order valence-electron chi connectivity index (χ4n) is 4.01. The summed E-state index contributed by atoms with van der Waals surface area (Å²) >= 11 is 0. The van der Waals surface area contributed by atoms with Crippen molar-refractivity contribution in [1.82, 2.24) is 4.90 Å². The molecular formula is C18H30N2O2. The number of carbonyl (C=O) groups is 1. The van der Waals surface area contributed by atoms with Gasteiger partial charge in [-0.2, -0.15) is 5.26 Å². The van der Waals surface area contributed by atoms with Gasteiger partial charge in [-0.1, -0.05) is 26.2 Å². The number of ether oxygens (including phenoxy) is 1. The Balaban J connectivity index is 2.00. The van der Waals surface area contributed by atoms with E-state index >= 15 is 0 Å². The number of hydrogen-bond donors (Lipinski definition) is 0. The van der Waals surface area contributed by atoms with E-state index in [0.717, 1.165) is 19.3 Å². The molecule has 2 fully saturated rings. The van der Waals surface area contributed by atoms with Crippen molar-refractivity contribution in [3.05, 3.63) is 0 Å². The van der Waals surface area contributed by atoms with Crippen molar-refractivity contribution in [3.8, 4) is 6.19 Å². The first kappa shape index (κ1) is 17.1. The Labute approximate surface area is 134 Å². The van der Waals surface area contributed by atoms with Gasteiger partial charge in [-0.15, -0.1) is 0 Å². The van der Waals surface area contributed by atoms with Crippen LogP contribution in [0.1, 0.15) is 79.1 Å². The highest BCUT2D eigenvalue weighted by Gasteiger charge is 2.42. The Bertz CT molecular complexity index is 441. The van der Waals surface area contributed by atoms with E-state index in [2.05, 4.69) is 13.1 Å². The van der Waals surface area contributed by atoms with Crippen molar-refractivity contribution >= 4 is 5.97 Å². The molecule has 2 atom stereocenters. The van der Waals surface area contributed by atoms with Gasteiger partial charge in [-0.3, -0.25) is 4.90 Å². The third kappa shape index (κ3) is 4.15. The molecule has 124 valence electrons. The normalized spacial score (nSPS) is 28.2. The van der Waals surface area contributed by atoms with Crippen molar-refractivity contribution in [2.24, 2.45) is 5.41 Å². The summed E-state index contributed by atoms with van der Waals surface area (Å²) in [7, 11) is 0. The number of nitriles is 1. The molecule has 22 heavy (non-hydrogen) atoms. The van der Waals surface area contributed by atoms with Crippen molar-refractivity contribution in [2.75, 3.05) is 0 Å². The summed E-state index contributed by atoms with van der Waals surface area (Å²) in [4.78, 5) is 14.0. The number of nitrogens with zero attached hydrogens (tertiary/aromatic N) is 2. The Morgan fingerprint density at radius 2 is 1.91 bits per heavy atom. The van der Waals surface area contributed by atoms with E-state index in [1.165, 1.54) is 32.1 Å². The number of likely N-dealkylation sites (tertiary alicyclic amines) is 1. The molecule has 4 nitrogen and oxygen atoms in total. The molecule has 4 heteroatoms. The summed E-state index contributed by atoms with van der Waals surface area (Å²) in [6.45, 7) is 7.97. The predicted octanol–water partition coefficient (Wildman–Crippen LogP) is 4.00. The minimum atomic E-state index is -0.494. The first-order chi connectivity index (χ1) is 10.2. The average Bonchev–Trinajstić information content (AvgIpc) is 2.79. The van der Waals surface area contributed by atoms with Gasteiger partial charge >= 0.3 is 5.97 Å². The second-order valence-corrected chi connectivity index (χ2v) is 8.36. The van der Waals surface area contributed by atoms with Crippen LogP contribution < -0.4 is 0 Å². The molecule has 0 spiro atoms. The maximum atomic E-state index is 12.3. The van der Waals surface area contributed by atoms with E-state index in [-0.39, 0.29) is 18.1 Å². The maximum Gasteiger partial charge on any atom is 0.330 e. The molecule has 1 heterocycles. The smallest absolute Gasteiger partial charge is 0.330 e. The van der Waals surface area contributed by atoms with Crippen molar-refractivity contribution < 1.29 is 9.53 Å². The monoisotopic (exact) mass is 306 g/mol. The molecule has 2 aliphatic rings. The van der Waals surface area contributed by atoms with Gasteiger partial charge < -0.3 is 4.74 Å². The van der Waals surface area contributed by atoms with E-state index in [1.807, 2.05) is 20.8 Å². The highest BCUT2D eigenvalue weighted by atomic mass is 16.6. The molecule has 1 saturated heterocycles. The zero-order valence-electron chi connectivity index (χ0n) is 14.5. The Morgan fingerprint density at radius 3 is 2.45 bits per heavy atom. The van der Waals surface area contributed by atoms with Gasteiger partial charge in [0.05, 0.1) is 0 Å². The van der Waals surface area contributed by atoms with E-state index in [1.54, 1.807) is 4.90 Å².